The van der Waals surface area contributed by atoms with Gasteiger partial charge in [0.15, 0.2) is 0 Å². The Labute approximate surface area is 185 Å². The molecule has 170 valence electrons. The van der Waals surface area contributed by atoms with Crippen LogP contribution in [0.4, 0.5) is 5.82 Å². The van der Waals surface area contributed by atoms with Crippen LogP contribution in [-0.4, -0.2) is 82.3 Å². The van der Waals surface area contributed by atoms with E-state index in [0.717, 1.165) is 81.3 Å². The van der Waals surface area contributed by atoms with E-state index in [4.69, 9.17) is 9.97 Å². The highest BCUT2D eigenvalue weighted by atomic mass is 16.2. The highest BCUT2D eigenvalue weighted by molar-refractivity contribution is 5.82. The summed E-state index contributed by atoms with van der Waals surface area (Å²) in [5.74, 6) is 2.38. The molecule has 3 aliphatic heterocycles. The quantitative estimate of drug-likeness (QED) is 0.773. The Bertz CT molecular complexity index is 815. The third-order valence-corrected chi connectivity index (χ3v) is 7.19. The molecule has 3 aliphatic rings. The molecule has 1 unspecified atom stereocenters. The minimum Gasteiger partial charge on any atom is -0.373 e. The molecule has 4 heterocycles. The zero-order chi connectivity index (χ0) is 22.0. The van der Waals surface area contributed by atoms with Crippen LogP contribution in [0.5, 0.6) is 0 Å². The lowest BCUT2D eigenvalue weighted by Crippen LogP contribution is -2.49. The van der Waals surface area contributed by atoms with Crippen LogP contribution in [0.3, 0.4) is 0 Å². The molecule has 0 saturated carbocycles. The highest BCUT2D eigenvalue weighted by Crippen LogP contribution is 2.31. The van der Waals surface area contributed by atoms with Crippen molar-refractivity contribution in [3.8, 4) is 0 Å². The van der Waals surface area contributed by atoms with E-state index in [1.165, 1.54) is 12.8 Å². The maximum absolute atomic E-state index is 13.2. The van der Waals surface area contributed by atoms with Crippen LogP contribution < -0.4 is 5.32 Å². The third-order valence-electron chi connectivity index (χ3n) is 7.19. The van der Waals surface area contributed by atoms with E-state index in [2.05, 4.69) is 22.0 Å². The standard InChI is InChI=1S/C23H36N6O2/c1-4-20(27-10-5-6-11-27)23(31)28-12-7-17(8-13-28)21-25-19-15-29(16(2)30)14-9-18(19)22(24-3)26-21/h17,20H,4-15H2,1-3H3,(H,24,25,26). The number of amides is 2. The average Bonchev–Trinajstić information content (AvgIpc) is 3.32. The van der Waals surface area contributed by atoms with E-state index in [9.17, 15) is 9.59 Å². The molecule has 0 aromatic carbocycles. The second kappa shape index (κ2) is 9.51. The molecule has 1 atom stereocenters. The summed E-state index contributed by atoms with van der Waals surface area (Å²) in [6, 6.07) is 0.0347. The molecule has 2 saturated heterocycles. The monoisotopic (exact) mass is 428 g/mol. The summed E-state index contributed by atoms with van der Waals surface area (Å²) < 4.78 is 0. The van der Waals surface area contributed by atoms with E-state index >= 15 is 0 Å². The minimum atomic E-state index is 0.0347. The fourth-order valence-corrected chi connectivity index (χ4v) is 5.32. The van der Waals surface area contributed by atoms with Gasteiger partial charge in [0, 0.05) is 45.1 Å². The van der Waals surface area contributed by atoms with Gasteiger partial charge in [-0.15, -0.1) is 0 Å². The van der Waals surface area contributed by atoms with E-state index in [1.54, 1.807) is 6.92 Å². The summed E-state index contributed by atoms with van der Waals surface area (Å²) in [7, 11) is 1.90. The van der Waals surface area contributed by atoms with E-state index in [0.29, 0.717) is 12.5 Å². The van der Waals surface area contributed by atoms with Gasteiger partial charge in [-0.3, -0.25) is 14.5 Å². The molecule has 4 rings (SSSR count). The number of likely N-dealkylation sites (tertiary alicyclic amines) is 2. The number of fused-ring (bicyclic) bond motifs is 1. The number of carbonyl (C=O) groups excluding carboxylic acids is 2. The van der Waals surface area contributed by atoms with Crippen molar-refractivity contribution in [3.63, 3.8) is 0 Å². The van der Waals surface area contributed by atoms with Crippen molar-refractivity contribution in [1.29, 1.82) is 0 Å². The van der Waals surface area contributed by atoms with Gasteiger partial charge in [0.2, 0.25) is 11.8 Å². The molecular formula is C23H36N6O2. The number of piperidine rings is 1. The lowest BCUT2D eigenvalue weighted by Gasteiger charge is -2.36. The molecule has 1 aromatic rings. The SMILES string of the molecule is CCC(C(=O)N1CCC(c2nc3c(c(NC)n2)CCN(C(C)=O)C3)CC1)N1CCCC1. The van der Waals surface area contributed by atoms with Crippen LogP contribution >= 0.6 is 0 Å². The number of rotatable bonds is 5. The maximum Gasteiger partial charge on any atom is 0.239 e. The Balaban J connectivity index is 1.44. The number of hydrogen-bond acceptors (Lipinski definition) is 6. The molecule has 0 radical (unpaired) electrons. The van der Waals surface area contributed by atoms with Crippen molar-refractivity contribution < 1.29 is 9.59 Å². The molecule has 31 heavy (non-hydrogen) atoms. The predicted molar refractivity (Wildman–Crippen MR) is 120 cm³/mol. The van der Waals surface area contributed by atoms with Crippen molar-refractivity contribution >= 4 is 17.6 Å². The number of anilines is 1. The van der Waals surface area contributed by atoms with Crippen LogP contribution in [0.1, 0.15) is 69.0 Å². The Hall–Kier alpha value is -2.22. The summed E-state index contributed by atoms with van der Waals surface area (Å²) in [6.07, 6.45) is 5.85. The third kappa shape index (κ3) is 4.54. The van der Waals surface area contributed by atoms with Crippen molar-refractivity contribution in [2.24, 2.45) is 0 Å². The predicted octanol–water partition coefficient (Wildman–Crippen LogP) is 2.00. The van der Waals surface area contributed by atoms with Crippen LogP contribution in [0, 0.1) is 0 Å². The van der Waals surface area contributed by atoms with Crippen molar-refractivity contribution in [2.45, 2.75) is 70.9 Å². The summed E-state index contributed by atoms with van der Waals surface area (Å²) >= 11 is 0. The smallest absolute Gasteiger partial charge is 0.239 e. The minimum absolute atomic E-state index is 0.0347. The van der Waals surface area contributed by atoms with Crippen LogP contribution in [-0.2, 0) is 22.6 Å². The molecule has 8 nitrogen and oxygen atoms in total. The lowest BCUT2D eigenvalue weighted by molar-refractivity contribution is -0.138. The first-order chi connectivity index (χ1) is 15.0. The summed E-state index contributed by atoms with van der Waals surface area (Å²) in [5.41, 5.74) is 2.10. The van der Waals surface area contributed by atoms with E-state index in [1.807, 2.05) is 11.9 Å². The normalized spacial score (nSPS) is 21.1. The van der Waals surface area contributed by atoms with Gasteiger partial charge in [0.1, 0.15) is 11.6 Å². The molecule has 0 aliphatic carbocycles. The molecule has 1 N–H and O–H groups in total. The highest BCUT2D eigenvalue weighted by Gasteiger charge is 2.33. The van der Waals surface area contributed by atoms with Gasteiger partial charge in [0.05, 0.1) is 18.3 Å². The van der Waals surface area contributed by atoms with Gasteiger partial charge in [-0.1, -0.05) is 6.92 Å². The van der Waals surface area contributed by atoms with Crippen molar-refractivity contribution in [2.75, 3.05) is 45.1 Å². The second-order valence-corrected chi connectivity index (χ2v) is 9.06. The van der Waals surface area contributed by atoms with Gasteiger partial charge < -0.3 is 15.1 Å². The molecule has 0 bridgehead atoms. The van der Waals surface area contributed by atoms with E-state index in [-0.39, 0.29) is 17.9 Å². The fraction of sp³-hybridized carbons (Fsp3) is 0.739. The van der Waals surface area contributed by atoms with Crippen LogP contribution in [0.2, 0.25) is 0 Å². The number of nitrogens with zero attached hydrogens (tertiary/aromatic N) is 5. The Morgan fingerprint density at radius 3 is 2.39 bits per heavy atom. The van der Waals surface area contributed by atoms with Gasteiger partial charge in [-0.2, -0.15) is 0 Å². The topological polar surface area (TPSA) is 81.7 Å². The Morgan fingerprint density at radius 2 is 1.77 bits per heavy atom. The summed E-state index contributed by atoms with van der Waals surface area (Å²) in [4.78, 5) is 41.0. The molecule has 2 fully saturated rings. The molecule has 8 heteroatoms. The van der Waals surface area contributed by atoms with Gasteiger partial charge >= 0.3 is 0 Å². The number of carbonyl (C=O) groups is 2. The fourth-order valence-electron chi connectivity index (χ4n) is 5.32. The van der Waals surface area contributed by atoms with Gasteiger partial charge in [-0.25, -0.2) is 9.97 Å². The Morgan fingerprint density at radius 1 is 1.06 bits per heavy atom. The first-order valence-corrected chi connectivity index (χ1v) is 11.9. The largest absolute Gasteiger partial charge is 0.373 e. The molecule has 2 amide bonds. The van der Waals surface area contributed by atoms with Crippen LogP contribution in [0.25, 0.3) is 0 Å². The van der Waals surface area contributed by atoms with Crippen molar-refractivity contribution in [1.82, 2.24) is 24.7 Å². The maximum atomic E-state index is 13.2. The number of nitrogens with one attached hydrogen (secondary N) is 1. The summed E-state index contributed by atoms with van der Waals surface area (Å²) in [5, 5.41) is 3.23. The van der Waals surface area contributed by atoms with Crippen LogP contribution in [0.15, 0.2) is 0 Å². The first-order valence-electron chi connectivity index (χ1n) is 11.9. The zero-order valence-electron chi connectivity index (χ0n) is 19.2. The summed E-state index contributed by atoms with van der Waals surface area (Å²) in [6.45, 7) is 8.64. The molecule has 0 spiro atoms. The van der Waals surface area contributed by atoms with Gasteiger partial charge in [-0.05, 0) is 51.6 Å². The van der Waals surface area contributed by atoms with E-state index < -0.39 is 0 Å². The lowest BCUT2D eigenvalue weighted by atomic mass is 9.94. The Kier molecular flexibility index (Phi) is 6.74. The second-order valence-electron chi connectivity index (χ2n) is 9.06. The number of hydrogen-bond donors (Lipinski definition) is 1. The van der Waals surface area contributed by atoms with Crippen molar-refractivity contribution in [3.05, 3.63) is 17.1 Å². The molecular weight excluding hydrogens is 392 g/mol. The molecule has 1 aromatic heterocycles. The van der Waals surface area contributed by atoms with Gasteiger partial charge in [0.25, 0.3) is 0 Å². The average molecular weight is 429 g/mol. The first kappa shape index (κ1) is 22.0. The number of aromatic nitrogens is 2. The zero-order valence-corrected chi connectivity index (χ0v) is 19.2.